The normalized spacial score (nSPS) is 16.3. The Morgan fingerprint density at radius 1 is 1.13 bits per heavy atom. The van der Waals surface area contributed by atoms with E-state index in [0.29, 0.717) is 11.3 Å². The first kappa shape index (κ1) is 16.5. The van der Waals surface area contributed by atoms with Gasteiger partial charge in [0.2, 0.25) is 0 Å². The fourth-order valence-corrected chi connectivity index (χ4v) is 2.03. The Labute approximate surface area is 132 Å². The van der Waals surface area contributed by atoms with Gasteiger partial charge < -0.3 is 18.9 Å². The fraction of sp³-hybridized carbons (Fsp3) is 0.312. The minimum atomic E-state index is -1.30. The molecule has 0 unspecified atom stereocenters. The number of hydrogen-bond acceptors (Lipinski definition) is 7. The van der Waals surface area contributed by atoms with Gasteiger partial charge in [-0.25, -0.2) is 14.4 Å². The van der Waals surface area contributed by atoms with Crippen LogP contribution in [0.25, 0.3) is 6.08 Å². The van der Waals surface area contributed by atoms with Crippen molar-refractivity contribution in [2.24, 2.45) is 0 Å². The molecule has 0 aliphatic carbocycles. The Balaban J connectivity index is 2.41. The molecule has 0 atom stereocenters. The van der Waals surface area contributed by atoms with Gasteiger partial charge in [-0.05, 0) is 23.8 Å². The van der Waals surface area contributed by atoms with Gasteiger partial charge in [0, 0.05) is 13.8 Å². The van der Waals surface area contributed by atoms with Gasteiger partial charge in [-0.2, -0.15) is 0 Å². The number of ether oxygens (including phenoxy) is 4. The van der Waals surface area contributed by atoms with Gasteiger partial charge in [-0.3, -0.25) is 0 Å². The van der Waals surface area contributed by atoms with Crippen LogP contribution < -0.4 is 4.74 Å². The Bertz CT molecular complexity index is 678. The Morgan fingerprint density at radius 2 is 1.74 bits per heavy atom. The highest BCUT2D eigenvalue weighted by molar-refractivity contribution is 6.19. The first-order valence-corrected chi connectivity index (χ1v) is 6.72. The van der Waals surface area contributed by atoms with Crippen LogP contribution in [0.2, 0.25) is 0 Å². The second kappa shape index (κ2) is 6.12. The van der Waals surface area contributed by atoms with Crippen molar-refractivity contribution in [3.63, 3.8) is 0 Å². The molecule has 23 heavy (non-hydrogen) atoms. The number of esters is 3. The smallest absolute Gasteiger partial charge is 0.348 e. The molecule has 2 rings (SSSR count). The van der Waals surface area contributed by atoms with Crippen molar-refractivity contribution in [2.75, 3.05) is 14.2 Å². The van der Waals surface area contributed by atoms with Gasteiger partial charge in [0.05, 0.1) is 14.2 Å². The van der Waals surface area contributed by atoms with E-state index in [9.17, 15) is 14.4 Å². The van der Waals surface area contributed by atoms with E-state index in [1.165, 1.54) is 46.3 Å². The molecule has 1 fully saturated rings. The van der Waals surface area contributed by atoms with Crippen LogP contribution in [0.4, 0.5) is 0 Å². The molecule has 7 heteroatoms. The fourth-order valence-electron chi connectivity index (χ4n) is 2.03. The second-order valence-corrected chi connectivity index (χ2v) is 5.19. The number of carbonyl (C=O) groups excluding carboxylic acids is 3. The van der Waals surface area contributed by atoms with Crippen LogP contribution in [0.5, 0.6) is 5.75 Å². The average molecular weight is 320 g/mol. The number of rotatable bonds is 3. The summed E-state index contributed by atoms with van der Waals surface area (Å²) < 4.78 is 19.8. The molecule has 0 amide bonds. The molecule has 1 heterocycles. The Kier molecular flexibility index (Phi) is 4.40. The highest BCUT2D eigenvalue weighted by atomic mass is 16.7. The number of methoxy groups -OCH3 is 2. The lowest BCUT2D eigenvalue weighted by atomic mass is 10.1. The molecule has 0 spiro atoms. The van der Waals surface area contributed by atoms with E-state index in [-0.39, 0.29) is 11.1 Å². The molecule has 0 bridgehead atoms. The van der Waals surface area contributed by atoms with E-state index < -0.39 is 23.7 Å². The predicted octanol–water partition coefficient (Wildman–Crippen LogP) is 1.70. The summed E-state index contributed by atoms with van der Waals surface area (Å²) in [5, 5.41) is 0. The lowest BCUT2D eigenvalue weighted by Gasteiger charge is -2.29. The van der Waals surface area contributed by atoms with Crippen LogP contribution >= 0.6 is 0 Å². The molecular formula is C16H16O7. The molecule has 1 saturated heterocycles. The van der Waals surface area contributed by atoms with E-state index in [2.05, 4.69) is 4.74 Å². The second-order valence-electron chi connectivity index (χ2n) is 5.19. The third kappa shape index (κ3) is 3.50. The summed E-state index contributed by atoms with van der Waals surface area (Å²) in [4.78, 5) is 35.6. The largest absolute Gasteiger partial charge is 0.496 e. The summed E-state index contributed by atoms with van der Waals surface area (Å²) in [6, 6.07) is 4.55. The van der Waals surface area contributed by atoms with Crippen LogP contribution in [0.1, 0.15) is 29.8 Å². The Morgan fingerprint density at radius 3 is 2.26 bits per heavy atom. The van der Waals surface area contributed by atoms with Gasteiger partial charge in [0.1, 0.15) is 16.9 Å². The third-order valence-electron chi connectivity index (χ3n) is 3.06. The van der Waals surface area contributed by atoms with Crippen molar-refractivity contribution in [2.45, 2.75) is 19.6 Å². The monoisotopic (exact) mass is 320 g/mol. The van der Waals surface area contributed by atoms with Crippen molar-refractivity contribution >= 4 is 24.0 Å². The van der Waals surface area contributed by atoms with E-state index in [4.69, 9.17) is 14.2 Å². The van der Waals surface area contributed by atoms with Gasteiger partial charge in [-0.1, -0.05) is 6.07 Å². The maximum Gasteiger partial charge on any atom is 0.348 e. The van der Waals surface area contributed by atoms with Gasteiger partial charge in [0.25, 0.3) is 5.79 Å². The van der Waals surface area contributed by atoms with E-state index in [1.54, 1.807) is 6.07 Å². The first-order chi connectivity index (χ1) is 10.8. The molecule has 1 aromatic carbocycles. The molecule has 0 saturated carbocycles. The van der Waals surface area contributed by atoms with Crippen molar-refractivity contribution in [1.82, 2.24) is 0 Å². The van der Waals surface area contributed by atoms with Crippen molar-refractivity contribution in [1.29, 1.82) is 0 Å². The molecule has 0 aromatic heterocycles. The van der Waals surface area contributed by atoms with E-state index in [1.807, 2.05) is 0 Å². The van der Waals surface area contributed by atoms with E-state index in [0.717, 1.165) is 0 Å². The molecule has 1 aliphatic heterocycles. The quantitative estimate of drug-likeness (QED) is 0.476. The summed E-state index contributed by atoms with van der Waals surface area (Å²) >= 11 is 0. The topological polar surface area (TPSA) is 88.1 Å². The minimum Gasteiger partial charge on any atom is -0.496 e. The van der Waals surface area contributed by atoms with Crippen LogP contribution in [0.15, 0.2) is 23.8 Å². The minimum absolute atomic E-state index is 0.169. The number of cyclic esters (lactones) is 2. The molecule has 1 aliphatic rings. The number of hydrogen-bond donors (Lipinski definition) is 0. The highest BCUT2D eigenvalue weighted by Crippen LogP contribution is 2.26. The summed E-state index contributed by atoms with van der Waals surface area (Å²) in [5.74, 6) is -3.17. The zero-order valence-corrected chi connectivity index (χ0v) is 13.2. The summed E-state index contributed by atoms with van der Waals surface area (Å²) in [6.07, 6.45) is 1.28. The van der Waals surface area contributed by atoms with Crippen LogP contribution in [-0.4, -0.2) is 37.9 Å². The van der Waals surface area contributed by atoms with Crippen molar-refractivity contribution in [3.05, 3.63) is 34.9 Å². The van der Waals surface area contributed by atoms with Gasteiger partial charge in [-0.15, -0.1) is 0 Å². The Hall–Kier alpha value is -2.83. The zero-order valence-electron chi connectivity index (χ0n) is 13.2. The van der Waals surface area contributed by atoms with E-state index >= 15 is 0 Å². The highest BCUT2D eigenvalue weighted by Gasteiger charge is 2.38. The first-order valence-electron chi connectivity index (χ1n) is 6.72. The maximum atomic E-state index is 11.9. The van der Waals surface area contributed by atoms with Crippen molar-refractivity contribution in [3.8, 4) is 5.75 Å². The average Bonchev–Trinajstić information content (AvgIpc) is 2.49. The SMILES string of the molecule is COC(=O)c1cc(C=C2C(=O)OC(C)(C)OC2=O)ccc1OC. The molecular weight excluding hydrogens is 304 g/mol. The van der Waals surface area contributed by atoms with Gasteiger partial charge in [0.15, 0.2) is 0 Å². The lowest BCUT2D eigenvalue weighted by Crippen LogP contribution is -2.41. The molecule has 0 N–H and O–H groups in total. The summed E-state index contributed by atoms with van der Waals surface area (Å²) in [7, 11) is 2.66. The molecule has 1 aromatic rings. The van der Waals surface area contributed by atoms with Gasteiger partial charge >= 0.3 is 17.9 Å². The number of carbonyl (C=O) groups is 3. The standard InChI is InChI=1S/C16H16O7/c1-16(2)22-14(18)11(15(19)23-16)8-9-5-6-12(20-3)10(7-9)13(17)21-4/h5-8H,1-4H3. The number of benzene rings is 1. The predicted molar refractivity (Wildman–Crippen MR) is 78.6 cm³/mol. The van der Waals surface area contributed by atoms with Crippen molar-refractivity contribution < 1.29 is 33.3 Å². The summed E-state index contributed by atoms with van der Waals surface area (Å²) in [5.41, 5.74) is 0.335. The summed E-state index contributed by atoms with van der Waals surface area (Å²) in [6.45, 7) is 2.92. The van der Waals surface area contributed by atoms with Crippen LogP contribution in [-0.2, 0) is 23.8 Å². The molecule has 7 nitrogen and oxygen atoms in total. The molecule has 122 valence electrons. The molecule has 0 radical (unpaired) electrons. The lowest BCUT2D eigenvalue weighted by molar-refractivity contribution is -0.222. The zero-order chi connectivity index (χ0) is 17.2. The maximum absolute atomic E-state index is 11.9. The van der Waals surface area contributed by atoms with Crippen LogP contribution in [0, 0.1) is 0 Å². The van der Waals surface area contributed by atoms with Crippen LogP contribution in [0.3, 0.4) is 0 Å². The third-order valence-corrected chi connectivity index (χ3v) is 3.06.